The topological polar surface area (TPSA) is 46.9 Å². The van der Waals surface area contributed by atoms with Crippen molar-refractivity contribution < 1.29 is 9.18 Å². The van der Waals surface area contributed by atoms with Gasteiger partial charge >= 0.3 is 0 Å². The molecule has 0 unspecified atom stereocenters. The van der Waals surface area contributed by atoms with Gasteiger partial charge in [0.25, 0.3) is 0 Å². The second kappa shape index (κ2) is 5.44. The molecule has 5 heteroatoms. The smallest absolute Gasteiger partial charge is 0.224 e. The molecule has 1 N–H and O–H groups in total. The number of anilines is 1. The number of halogens is 1. The van der Waals surface area contributed by atoms with E-state index < -0.39 is 0 Å². The van der Waals surface area contributed by atoms with Crippen LogP contribution in [-0.4, -0.2) is 15.7 Å². The van der Waals surface area contributed by atoms with E-state index in [1.807, 2.05) is 6.07 Å². The first kappa shape index (κ1) is 12.3. The number of nitrogens with one attached hydrogen (secondary N) is 1. The van der Waals surface area contributed by atoms with Crippen LogP contribution < -0.4 is 5.32 Å². The van der Waals surface area contributed by atoms with Gasteiger partial charge in [-0.15, -0.1) is 0 Å². The molecule has 94 valence electrons. The lowest BCUT2D eigenvalue weighted by Gasteiger charge is -2.02. The molecule has 0 aliphatic carbocycles. The van der Waals surface area contributed by atoms with Gasteiger partial charge in [0, 0.05) is 12.6 Å². The van der Waals surface area contributed by atoms with Gasteiger partial charge in [0.05, 0.1) is 18.4 Å². The highest BCUT2D eigenvalue weighted by Crippen LogP contribution is 2.09. The summed E-state index contributed by atoms with van der Waals surface area (Å²) in [6, 6.07) is 6.36. The van der Waals surface area contributed by atoms with Gasteiger partial charge < -0.3 is 5.32 Å². The van der Waals surface area contributed by atoms with E-state index in [9.17, 15) is 9.18 Å². The summed E-state index contributed by atoms with van der Waals surface area (Å²) in [6.45, 7) is 2.26. The Morgan fingerprint density at radius 3 is 3.06 bits per heavy atom. The molecule has 0 saturated carbocycles. The van der Waals surface area contributed by atoms with Gasteiger partial charge in [0.1, 0.15) is 5.82 Å². The number of hydrogen-bond donors (Lipinski definition) is 1. The van der Waals surface area contributed by atoms with Crippen LogP contribution in [0.2, 0.25) is 0 Å². The van der Waals surface area contributed by atoms with Crippen molar-refractivity contribution in [1.29, 1.82) is 0 Å². The highest BCUT2D eigenvalue weighted by Gasteiger charge is 2.03. The van der Waals surface area contributed by atoms with Crippen molar-refractivity contribution in [2.75, 3.05) is 5.32 Å². The summed E-state index contributed by atoms with van der Waals surface area (Å²) in [7, 11) is 0. The Morgan fingerprint density at radius 1 is 1.50 bits per heavy atom. The summed E-state index contributed by atoms with van der Waals surface area (Å²) in [6.07, 6.45) is 3.72. The van der Waals surface area contributed by atoms with Crippen molar-refractivity contribution in [2.24, 2.45) is 0 Å². The van der Waals surface area contributed by atoms with Crippen LogP contribution in [0.3, 0.4) is 0 Å². The Morgan fingerprint density at radius 2 is 2.33 bits per heavy atom. The molecule has 0 radical (unpaired) electrons. The Labute approximate surface area is 104 Å². The van der Waals surface area contributed by atoms with Crippen molar-refractivity contribution in [3.63, 3.8) is 0 Å². The average molecular weight is 247 g/mol. The minimum atomic E-state index is -0.265. The molecule has 0 fully saturated rings. The van der Waals surface area contributed by atoms with Crippen molar-refractivity contribution in [2.45, 2.75) is 19.9 Å². The van der Waals surface area contributed by atoms with Crippen LogP contribution in [0.4, 0.5) is 10.1 Å². The molecule has 4 nitrogen and oxygen atoms in total. The summed E-state index contributed by atoms with van der Waals surface area (Å²) < 4.78 is 14.7. The minimum Gasteiger partial charge on any atom is -0.323 e. The Kier molecular flexibility index (Phi) is 3.72. The van der Waals surface area contributed by atoms with E-state index in [4.69, 9.17) is 0 Å². The van der Waals surface area contributed by atoms with Gasteiger partial charge in [0.15, 0.2) is 0 Å². The fourth-order valence-corrected chi connectivity index (χ4v) is 1.59. The molecule has 0 spiro atoms. The molecule has 2 rings (SSSR count). The third-order valence-electron chi connectivity index (χ3n) is 2.47. The van der Waals surface area contributed by atoms with E-state index in [1.165, 1.54) is 12.1 Å². The first-order valence-electron chi connectivity index (χ1n) is 5.74. The summed E-state index contributed by atoms with van der Waals surface area (Å²) in [5, 5.41) is 6.82. The third kappa shape index (κ3) is 3.16. The summed E-state index contributed by atoms with van der Waals surface area (Å²) in [4.78, 5) is 11.2. The quantitative estimate of drug-likeness (QED) is 0.901. The number of carbonyl (C=O) groups excluding carboxylic acids is 1. The molecular weight excluding hydrogens is 233 g/mol. The van der Waals surface area contributed by atoms with Crippen LogP contribution in [-0.2, 0) is 11.3 Å². The number of benzene rings is 1. The standard InChI is InChI=1S/C13H14FN3O/c1-2-13(18)16-12-7-15-17(9-12)8-10-4-3-5-11(14)6-10/h3-7,9H,2,8H2,1H3,(H,16,18). The van der Waals surface area contributed by atoms with Gasteiger partial charge in [0.2, 0.25) is 5.91 Å². The molecule has 18 heavy (non-hydrogen) atoms. The molecule has 1 heterocycles. The highest BCUT2D eigenvalue weighted by atomic mass is 19.1. The minimum absolute atomic E-state index is 0.0553. The molecule has 0 atom stereocenters. The van der Waals surface area contributed by atoms with E-state index in [0.29, 0.717) is 18.7 Å². The zero-order chi connectivity index (χ0) is 13.0. The van der Waals surface area contributed by atoms with Crippen LogP contribution in [0.5, 0.6) is 0 Å². The second-order valence-electron chi connectivity index (χ2n) is 3.96. The van der Waals surface area contributed by atoms with Crippen molar-refractivity contribution in [1.82, 2.24) is 9.78 Å². The van der Waals surface area contributed by atoms with Gasteiger partial charge in [-0.25, -0.2) is 4.39 Å². The molecule has 0 aliphatic rings. The molecule has 0 bridgehead atoms. The lowest BCUT2D eigenvalue weighted by molar-refractivity contribution is -0.115. The normalized spacial score (nSPS) is 10.3. The van der Waals surface area contributed by atoms with Crippen LogP contribution in [0.1, 0.15) is 18.9 Å². The predicted octanol–water partition coefficient (Wildman–Crippen LogP) is 2.42. The Hall–Kier alpha value is -2.17. The average Bonchev–Trinajstić information content (AvgIpc) is 2.76. The van der Waals surface area contributed by atoms with Gasteiger partial charge in [-0.1, -0.05) is 19.1 Å². The molecule has 1 amide bonds. The molecule has 0 aliphatic heterocycles. The molecule has 2 aromatic rings. The van der Waals surface area contributed by atoms with Gasteiger partial charge in [-0.3, -0.25) is 9.48 Å². The van der Waals surface area contributed by atoms with Crippen LogP contribution in [0.25, 0.3) is 0 Å². The van der Waals surface area contributed by atoms with Crippen LogP contribution in [0, 0.1) is 5.82 Å². The maximum atomic E-state index is 13.0. The monoisotopic (exact) mass is 247 g/mol. The molecule has 1 aromatic heterocycles. The second-order valence-corrected chi connectivity index (χ2v) is 3.96. The molecule has 1 aromatic carbocycles. The largest absolute Gasteiger partial charge is 0.323 e. The van der Waals surface area contributed by atoms with E-state index in [1.54, 1.807) is 30.1 Å². The number of hydrogen-bond acceptors (Lipinski definition) is 2. The number of rotatable bonds is 4. The fraction of sp³-hybridized carbons (Fsp3) is 0.231. The van der Waals surface area contributed by atoms with Crippen molar-refractivity contribution in [3.8, 4) is 0 Å². The first-order chi connectivity index (χ1) is 8.67. The SMILES string of the molecule is CCC(=O)Nc1cnn(Cc2cccc(F)c2)c1. The van der Waals surface area contributed by atoms with Crippen molar-refractivity contribution in [3.05, 3.63) is 48.0 Å². The Balaban J connectivity index is 2.04. The molecule has 0 saturated heterocycles. The lowest BCUT2D eigenvalue weighted by Crippen LogP contribution is -2.08. The number of aromatic nitrogens is 2. The lowest BCUT2D eigenvalue weighted by atomic mass is 10.2. The summed E-state index contributed by atoms with van der Waals surface area (Å²) in [5.74, 6) is -0.320. The first-order valence-corrected chi connectivity index (χ1v) is 5.74. The maximum absolute atomic E-state index is 13.0. The van der Waals surface area contributed by atoms with E-state index in [2.05, 4.69) is 10.4 Å². The van der Waals surface area contributed by atoms with Gasteiger partial charge in [-0.2, -0.15) is 5.10 Å². The summed E-state index contributed by atoms with van der Waals surface area (Å²) in [5.41, 5.74) is 1.48. The Bertz CT molecular complexity index is 551. The van der Waals surface area contributed by atoms with E-state index >= 15 is 0 Å². The highest BCUT2D eigenvalue weighted by molar-refractivity contribution is 5.90. The number of carbonyl (C=O) groups is 1. The zero-order valence-electron chi connectivity index (χ0n) is 10.1. The van der Waals surface area contributed by atoms with Crippen LogP contribution >= 0.6 is 0 Å². The van der Waals surface area contributed by atoms with E-state index in [0.717, 1.165) is 5.56 Å². The fourth-order valence-electron chi connectivity index (χ4n) is 1.59. The number of nitrogens with zero attached hydrogens (tertiary/aromatic N) is 2. The van der Waals surface area contributed by atoms with Crippen molar-refractivity contribution >= 4 is 11.6 Å². The van der Waals surface area contributed by atoms with E-state index in [-0.39, 0.29) is 11.7 Å². The predicted molar refractivity (Wildman–Crippen MR) is 66.6 cm³/mol. The molecular formula is C13H14FN3O. The maximum Gasteiger partial charge on any atom is 0.224 e. The van der Waals surface area contributed by atoms with Crippen LogP contribution in [0.15, 0.2) is 36.7 Å². The van der Waals surface area contributed by atoms with Gasteiger partial charge in [-0.05, 0) is 17.7 Å². The number of amides is 1. The third-order valence-corrected chi connectivity index (χ3v) is 2.47. The summed E-state index contributed by atoms with van der Waals surface area (Å²) >= 11 is 0. The zero-order valence-corrected chi connectivity index (χ0v) is 10.1.